The molecule has 3 rings (SSSR count). The molecule has 0 aromatic heterocycles. The Bertz CT molecular complexity index is 602. The molecular formula is C18H25F2N3O. The molecule has 1 aromatic carbocycles. The number of hydrogen-bond acceptors (Lipinski definition) is 3. The maximum absolute atomic E-state index is 13.9. The molecule has 0 spiro atoms. The van der Waals surface area contributed by atoms with E-state index in [0.717, 1.165) is 45.3 Å². The first-order chi connectivity index (χ1) is 11.5. The highest BCUT2D eigenvalue weighted by atomic mass is 19.2. The van der Waals surface area contributed by atoms with Gasteiger partial charge in [-0.3, -0.25) is 14.6 Å². The van der Waals surface area contributed by atoms with Crippen molar-refractivity contribution in [2.24, 2.45) is 5.92 Å². The van der Waals surface area contributed by atoms with E-state index in [1.807, 2.05) is 4.90 Å². The van der Waals surface area contributed by atoms with Crippen LogP contribution < -0.4 is 0 Å². The van der Waals surface area contributed by atoms with Crippen molar-refractivity contribution in [1.29, 1.82) is 0 Å². The number of nitrogens with zero attached hydrogens (tertiary/aromatic N) is 3. The lowest BCUT2D eigenvalue weighted by molar-refractivity contribution is -0.130. The van der Waals surface area contributed by atoms with E-state index in [2.05, 4.69) is 16.7 Å². The monoisotopic (exact) mass is 337 g/mol. The normalized spacial score (nSPS) is 26.1. The minimum absolute atomic E-state index is 0.136. The number of hydrogen-bond donors (Lipinski definition) is 0. The number of likely N-dealkylation sites (tertiary alicyclic amines) is 1. The van der Waals surface area contributed by atoms with E-state index in [1.165, 1.54) is 0 Å². The first-order valence-electron chi connectivity index (χ1n) is 8.60. The predicted molar refractivity (Wildman–Crippen MR) is 88.4 cm³/mol. The van der Waals surface area contributed by atoms with E-state index in [9.17, 15) is 13.6 Å². The predicted octanol–water partition coefficient (Wildman–Crippen LogP) is 1.95. The molecule has 2 atom stereocenters. The third-order valence-corrected chi connectivity index (χ3v) is 5.30. The summed E-state index contributed by atoms with van der Waals surface area (Å²) in [7, 11) is 0. The fourth-order valence-electron chi connectivity index (χ4n) is 3.93. The molecule has 0 bridgehead atoms. The van der Waals surface area contributed by atoms with Gasteiger partial charge in [-0.2, -0.15) is 0 Å². The molecule has 4 nitrogen and oxygen atoms in total. The van der Waals surface area contributed by atoms with Crippen molar-refractivity contribution < 1.29 is 13.6 Å². The first kappa shape index (κ1) is 17.3. The van der Waals surface area contributed by atoms with Crippen molar-refractivity contribution >= 4 is 5.91 Å². The van der Waals surface area contributed by atoms with Crippen molar-refractivity contribution in [3.63, 3.8) is 0 Å². The molecule has 24 heavy (non-hydrogen) atoms. The number of piperazine rings is 1. The number of amides is 1. The van der Waals surface area contributed by atoms with Crippen LogP contribution in [0.15, 0.2) is 18.2 Å². The fourth-order valence-corrected chi connectivity index (χ4v) is 3.93. The summed E-state index contributed by atoms with van der Waals surface area (Å²) in [6.45, 7) is 9.33. The largest absolute Gasteiger partial charge is 0.340 e. The molecule has 132 valence electrons. The fraction of sp³-hybridized carbons (Fsp3) is 0.611. The summed E-state index contributed by atoms with van der Waals surface area (Å²) in [6, 6.07) is 4.78. The second-order valence-corrected chi connectivity index (χ2v) is 6.99. The minimum Gasteiger partial charge on any atom is -0.340 e. The summed E-state index contributed by atoms with van der Waals surface area (Å²) in [5.41, 5.74) is 0.421. The third kappa shape index (κ3) is 3.59. The topological polar surface area (TPSA) is 26.8 Å². The Morgan fingerprint density at radius 1 is 1.17 bits per heavy atom. The van der Waals surface area contributed by atoms with E-state index >= 15 is 0 Å². The molecule has 2 saturated heterocycles. The van der Waals surface area contributed by atoms with E-state index in [1.54, 1.807) is 19.1 Å². The minimum atomic E-state index is -0.781. The highest BCUT2D eigenvalue weighted by Crippen LogP contribution is 2.25. The maximum atomic E-state index is 13.9. The summed E-state index contributed by atoms with van der Waals surface area (Å²) < 4.78 is 27.2. The van der Waals surface area contributed by atoms with Crippen molar-refractivity contribution in [2.75, 3.05) is 39.3 Å². The zero-order chi connectivity index (χ0) is 17.3. The number of rotatable bonds is 3. The molecule has 2 aliphatic rings. The van der Waals surface area contributed by atoms with Gasteiger partial charge < -0.3 is 4.90 Å². The van der Waals surface area contributed by atoms with Crippen LogP contribution in [0.3, 0.4) is 0 Å². The average Bonchev–Trinajstić information content (AvgIpc) is 2.92. The van der Waals surface area contributed by atoms with Crippen LogP contribution in [0.4, 0.5) is 8.78 Å². The maximum Gasteiger partial charge on any atom is 0.219 e. The zero-order valence-electron chi connectivity index (χ0n) is 14.3. The molecule has 0 radical (unpaired) electrons. The van der Waals surface area contributed by atoms with Gasteiger partial charge in [-0.25, -0.2) is 8.78 Å². The number of carbonyl (C=O) groups excluding carboxylic acids is 1. The van der Waals surface area contributed by atoms with Gasteiger partial charge in [-0.05, 0) is 12.0 Å². The Labute approximate surface area is 142 Å². The second-order valence-electron chi connectivity index (χ2n) is 6.99. The van der Waals surface area contributed by atoms with Crippen molar-refractivity contribution in [1.82, 2.24) is 14.7 Å². The molecule has 2 heterocycles. The number of halogens is 2. The van der Waals surface area contributed by atoms with Gasteiger partial charge in [-0.15, -0.1) is 0 Å². The lowest BCUT2D eigenvalue weighted by Crippen LogP contribution is -2.53. The average molecular weight is 337 g/mol. The molecule has 6 heteroatoms. The Balaban J connectivity index is 1.59. The van der Waals surface area contributed by atoms with Gasteiger partial charge in [-0.1, -0.05) is 19.1 Å². The van der Waals surface area contributed by atoms with Crippen LogP contribution in [0, 0.1) is 17.6 Å². The van der Waals surface area contributed by atoms with E-state index in [-0.39, 0.29) is 5.91 Å². The van der Waals surface area contributed by atoms with Crippen LogP contribution >= 0.6 is 0 Å². The Kier molecular flexibility index (Phi) is 5.15. The zero-order valence-corrected chi connectivity index (χ0v) is 14.3. The molecular weight excluding hydrogens is 312 g/mol. The van der Waals surface area contributed by atoms with Crippen molar-refractivity contribution in [3.8, 4) is 0 Å². The summed E-state index contributed by atoms with van der Waals surface area (Å²) in [6.07, 6.45) is 0. The molecule has 2 aliphatic heterocycles. The molecule has 0 aliphatic carbocycles. The summed E-state index contributed by atoms with van der Waals surface area (Å²) >= 11 is 0. The lowest BCUT2D eigenvalue weighted by atomic mass is 10.0. The van der Waals surface area contributed by atoms with Gasteiger partial charge in [0.15, 0.2) is 11.6 Å². The van der Waals surface area contributed by atoms with Crippen LogP contribution in [0.2, 0.25) is 0 Å². The van der Waals surface area contributed by atoms with Crippen LogP contribution in [-0.4, -0.2) is 65.9 Å². The van der Waals surface area contributed by atoms with Gasteiger partial charge in [0.05, 0.1) is 0 Å². The molecule has 2 unspecified atom stereocenters. The quantitative estimate of drug-likeness (QED) is 0.843. The Morgan fingerprint density at radius 2 is 1.88 bits per heavy atom. The van der Waals surface area contributed by atoms with Crippen LogP contribution in [0.25, 0.3) is 0 Å². The van der Waals surface area contributed by atoms with Crippen LogP contribution in [0.5, 0.6) is 0 Å². The first-order valence-corrected chi connectivity index (χ1v) is 8.60. The molecule has 0 saturated carbocycles. The summed E-state index contributed by atoms with van der Waals surface area (Å²) in [4.78, 5) is 18.0. The highest BCUT2D eigenvalue weighted by Gasteiger charge is 2.35. The third-order valence-electron chi connectivity index (χ3n) is 5.30. The van der Waals surface area contributed by atoms with Gasteiger partial charge in [0.25, 0.3) is 0 Å². The highest BCUT2D eigenvalue weighted by molar-refractivity contribution is 5.73. The SMILES string of the molecule is CC(=O)N1CCN(C2CN(Cc3cccc(F)c3F)CC2C)CC1. The number of carbonyl (C=O) groups is 1. The molecule has 1 amide bonds. The van der Waals surface area contributed by atoms with Crippen LogP contribution in [-0.2, 0) is 11.3 Å². The number of benzene rings is 1. The van der Waals surface area contributed by atoms with E-state index in [4.69, 9.17) is 0 Å². The Morgan fingerprint density at radius 3 is 2.54 bits per heavy atom. The van der Waals surface area contributed by atoms with Crippen molar-refractivity contribution in [2.45, 2.75) is 26.4 Å². The molecule has 2 fully saturated rings. The molecule has 0 N–H and O–H groups in total. The van der Waals surface area contributed by atoms with Crippen LogP contribution in [0.1, 0.15) is 19.4 Å². The van der Waals surface area contributed by atoms with E-state index < -0.39 is 11.6 Å². The Hall–Kier alpha value is -1.53. The second kappa shape index (κ2) is 7.15. The summed E-state index contributed by atoms with van der Waals surface area (Å²) in [5, 5.41) is 0. The van der Waals surface area contributed by atoms with Gasteiger partial charge in [0.2, 0.25) is 5.91 Å². The van der Waals surface area contributed by atoms with Crippen molar-refractivity contribution in [3.05, 3.63) is 35.4 Å². The molecule has 1 aromatic rings. The standard InChI is InChI=1S/C18H25F2N3O/c1-13-10-21(11-15-4-3-5-16(19)18(15)20)12-17(13)23-8-6-22(7-9-23)14(2)24/h3-5,13,17H,6-12H2,1-2H3. The summed E-state index contributed by atoms with van der Waals surface area (Å²) in [5.74, 6) is -0.900. The van der Waals surface area contributed by atoms with Gasteiger partial charge >= 0.3 is 0 Å². The van der Waals surface area contributed by atoms with E-state index in [0.29, 0.717) is 24.1 Å². The van der Waals surface area contributed by atoms with Gasteiger partial charge in [0, 0.05) is 64.3 Å². The van der Waals surface area contributed by atoms with Gasteiger partial charge in [0.1, 0.15) is 0 Å². The smallest absolute Gasteiger partial charge is 0.219 e. The lowest BCUT2D eigenvalue weighted by Gasteiger charge is -2.39.